The second-order valence-corrected chi connectivity index (χ2v) is 5.07. The van der Waals surface area contributed by atoms with Crippen molar-refractivity contribution in [3.05, 3.63) is 35.9 Å². The number of hydrogen-bond donors (Lipinski definition) is 1. The van der Waals surface area contributed by atoms with Crippen LogP contribution in [0.2, 0.25) is 0 Å². The zero-order valence-corrected chi connectivity index (χ0v) is 10.9. The Balaban J connectivity index is 1.89. The average Bonchev–Trinajstić information content (AvgIpc) is 2.40. The van der Waals surface area contributed by atoms with E-state index in [0.717, 1.165) is 13.1 Å². The summed E-state index contributed by atoms with van der Waals surface area (Å²) in [7, 11) is 0. The molecule has 0 radical (unpaired) electrons. The van der Waals surface area contributed by atoms with Gasteiger partial charge in [-0.25, -0.2) is 0 Å². The molecule has 102 valence electrons. The average molecular weight is 261 g/mol. The Labute approximate surface area is 113 Å². The molecule has 1 aromatic rings. The van der Waals surface area contributed by atoms with Crippen molar-refractivity contribution in [1.29, 1.82) is 0 Å². The first-order valence-electron chi connectivity index (χ1n) is 6.66. The van der Waals surface area contributed by atoms with E-state index in [1.165, 1.54) is 5.56 Å². The van der Waals surface area contributed by atoms with Crippen molar-refractivity contribution >= 4 is 11.8 Å². The number of benzene rings is 1. The lowest BCUT2D eigenvalue weighted by Crippen LogP contribution is -2.40. The number of carbonyl (C=O) groups is 2. The Morgan fingerprint density at radius 2 is 2.05 bits per heavy atom. The van der Waals surface area contributed by atoms with Gasteiger partial charge in [0, 0.05) is 38.4 Å². The molecule has 4 nitrogen and oxygen atoms in total. The molecule has 1 N–H and O–H groups in total. The van der Waals surface area contributed by atoms with E-state index < -0.39 is 5.97 Å². The molecule has 1 aliphatic rings. The van der Waals surface area contributed by atoms with Gasteiger partial charge >= 0.3 is 5.97 Å². The Bertz CT molecular complexity index is 444. The van der Waals surface area contributed by atoms with Gasteiger partial charge in [-0.2, -0.15) is 0 Å². The zero-order valence-electron chi connectivity index (χ0n) is 10.9. The van der Waals surface area contributed by atoms with Crippen LogP contribution in [-0.2, 0) is 16.1 Å². The highest BCUT2D eigenvalue weighted by Gasteiger charge is 2.27. The first kappa shape index (κ1) is 13.7. The number of ketones is 1. The maximum atomic E-state index is 11.8. The van der Waals surface area contributed by atoms with Crippen molar-refractivity contribution in [1.82, 2.24) is 4.90 Å². The van der Waals surface area contributed by atoms with E-state index in [1.807, 2.05) is 18.2 Å². The summed E-state index contributed by atoms with van der Waals surface area (Å²) in [5, 5.41) is 8.71. The van der Waals surface area contributed by atoms with Gasteiger partial charge in [0.15, 0.2) is 0 Å². The number of aliphatic carboxylic acids is 1. The van der Waals surface area contributed by atoms with Crippen LogP contribution in [0.15, 0.2) is 30.3 Å². The number of carbonyl (C=O) groups excluding carboxylic acids is 1. The van der Waals surface area contributed by atoms with Crippen LogP contribution in [0.25, 0.3) is 0 Å². The van der Waals surface area contributed by atoms with Gasteiger partial charge in [0.25, 0.3) is 0 Å². The molecule has 4 heteroatoms. The summed E-state index contributed by atoms with van der Waals surface area (Å²) in [6.07, 6.45) is 1.08. The Hall–Kier alpha value is -1.68. The van der Waals surface area contributed by atoms with Crippen molar-refractivity contribution in [3.63, 3.8) is 0 Å². The van der Waals surface area contributed by atoms with Crippen molar-refractivity contribution < 1.29 is 14.7 Å². The molecule has 19 heavy (non-hydrogen) atoms. The number of hydrogen-bond acceptors (Lipinski definition) is 3. The molecule has 0 aromatic heterocycles. The topological polar surface area (TPSA) is 57.6 Å². The van der Waals surface area contributed by atoms with E-state index in [1.54, 1.807) is 0 Å². The predicted molar refractivity (Wildman–Crippen MR) is 71.7 cm³/mol. The van der Waals surface area contributed by atoms with Crippen LogP contribution in [0.4, 0.5) is 0 Å². The summed E-state index contributed by atoms with van der Waals surface area (Å²) in [4.78, 5) is 24.6. The standard InChI is InChI=1S/C15H19NO3/c17-14-8-9-16(10-12-4-2-1-3-5-12)11-13(14)6-7-15(18)19/h1-5,13H,6-11H2,(H,18,19)/t13-/m0/s1. The number of nitrogens with zero attached hydrogens (tertiary/aromatic N) is 1. The molecule has 0 unspecified atom stereocenters. The molecular weight excluding hydrogens is 242 g/mol. The number of piperidine rings is 1. The SMILES string of the molecule is O=C(O)CC[C@H]1CN(Cc2ccccc2)CCC1=O. The van der Waals surface area contributed by atoms with Crippen LogP contribution in [-0.4, -0.2) is 34.8 Å². The van der Waals surface area contributed by atoms with Crippen LogP contribution in [0.3, 0.4) is 0 Å². The van der Waals surface area contributed by atoms with E-state index in [4.69, 9.17) is 5.11 Å². The second kappa shape index (κ2) is 6.48. The van der Waals surface area contributed by atoms with E-state index >= 15 is 0 Å². The van der Waals surface area contributed by atoms with Crippen LogP contribution in [0.5, 0.6) is 0 Å². The van der Waals surface area contributed by atoms with Crippen molar-refractivity contribution in [2.45, 2.75) is 25.8 Å². The third-order valence-electron chi connectivity index (χ3n) is 3.56. The Morgan fingerprint density at radius 3 is 2.74 bits per heavy atom. The lowest BCUT2D eigenvalue weighted by atomic mass is 9.92. The number of carboxylic acids is 1. The third kappa shape index (κ3) is 4.17. The van der Waals surface area contributed by atoms with Crippen molar-refractivity contribution in [2.75, 3.05) is 13.1 Å². The Morgan fingerprint density at radius 1 is 1.32 bits per heavy atom. The summed E-state index contributed by atoms with van der Waals surface area (Å²) in [6, 6.07) is 10.1. The molecule has 1 heterocycles. The minimum absolute atomic E-state index is 0.0790. The van der Waals surface area contributed by atoms with Crippen LogP contribution in [0, 0.1) is 5.92 Å². The molecule has 1 atom stereocenters. The molecule has 0 spiro atoms. The highest BCUT2D eigenvalue weighted by atomic mass is 16.4. The third-order valence-corrected chi connectivity index (χ3v) is 3.56. The number of likely N-dealkylation sites (tertiary alicyclic amines) is 1. The highest BCUT2D eigenvalue weighted by molar-refractivity contribution is 5.82. The largest absolute Gasteiger partial charge is 0.481 e. The van der Waals surface area contributed by atoms with Gasteiger partial charge in [-0.1, -0.05) is 30.3 Å². The van der Waals surface area contributed by atoms with Gasteiger partial charge in [-0.05, 0) is 12.0 Å². The Kier molecular flexibility index (Phi) is 4.68. The maximum absolute atomic E-state index is 11.8. The first-order valence-corrected chi connectivity index (χ1v) is 6.66. The molecule has 1 aromatic carbocycles. The predicted octanol–water partition coefficient (Wildman–Crippen LogP) is 1.94. The van der Waals surface area contributed by atoms with Gasteiger partial charge in [-0.15, -0.1) is 0 Å². The summed E-state index contributed by atoms with van der Waals surface area (Å²) < 4.78 is 0. The minimum Gasteiger partial charge on any atom is -0.481 e. The normalized spacial score (nSPS) is 20.4. The lowest BCUT2D eigenvalue weighted by Gasteiger charge is -2.31. The fourth-order valence-corrected chi connectivity index (χ4v) is 2.51. The van der Waals surface area contributed by atoms with Crippen LogP contribution >= 0.6 is 0 Å². The molecular formula is C15H19NO3. The summed E-state index contributed by atoms with van der Waals surface area (Å²) in [5.41, 5.74) is 1.23. The minimum atomic E-state index is -0.826. The van der Waals surface area contributed by atoms with E-state index in [-0.39, 0.29) is 18.1 Å². The highest BCUT2D eigenvalue weighted by Crippen LogP contribution is 2.19. The monoisotopic (exact) mass is 261 g/mol. The van der Waals surface area contributed by atoms with Gasteiger partial charge in [0.2, 0.25) is 0 Å². The van der Waals surface area contributed by atoms with Crippen LogP contribution in [0.1, 0.15) is 24.8 Å². The fraction of sp³-hybridized carbons (Fsp3) is 0.467. The zero-order chi connectivity index (χ0) is 13.7. The summed E-state index contributed by atoms with van der Waals surface area (Å²) >= 11 is 0. The van der Waals surface area contributed by atoms with E-state index in [9.17, 15) is 9.59 Å². The number of Topliss-reactive ketones (excluding diaryl/α,β-unsaturated/α-hetero) is 1. The van der Waals surface area contributed by atoms with Gasteiger partial charge in [-0.3, -0.25) is 14.5 Å². The molecule has 1 fully saturated rings. The maximum Gasteiger partial charge on any atom is 0.303 e. The van der Waals surface area contributed by atoms with Crippen molar-refractivity contribution in [3.8, 4) is 0 Å². The first-order chi connectivity index (χ1) is 9.15. The van der Waals surface area contributed by atoms with Crippen molar-refractivity contribution in [2.24, 2.45) is 5.92 Å². The van der Waals surface area contributed by atoms with E-state index in [2.05, 4.69) is 17.0 Å². The summed E-state index contributed by atoms with van der Waals surface area (Å²) in [6.45, 7) is 2.29. The molecule has 0 aliphatic carbocycles. The number of carboxylic acid groups (broad SMARTS) is 1. The number of rotatable bonds is 5. The summed E-state index contributed by atoms with van der Waals surface area (Å²) in [5.74, 6) is -0.730. The quantitative estimate of drug-likeness (QED) is 0.880. The molecule has 0 saturated carbocycles. The van der Waals surface area contributed by atoms with Crippen LogP contribution < -0.4 is 0 Å². The van der Waals surface area contributed by atoms with Gasteiger partial charge < -0.3 is 5.11 Å². The second-order valence-electron chi connectivity index (χ2n) is 5.07. The molecule has 0 bridgehead atoms. The van der Waals surface area contributed by atoms with Gasteiger partial charge in [0.1, 0.15) is 5.78 Å². The molecule has 1 saturated heterocycles. The fourth-order valence-electron chi connectivity index (χ4n) is 2.51. The smallest absolute Gasteiger partial charge is 0.303 e. The molecule has 1 aliphatic heterocycles. The molecule has 2 rings (SSSR count). The lowest BCUT2D eigenvalue weighted by molar-refractivity contribution is -0.137. The van der Waals surface area contributed by atoms with E-state index in [0.29, 0.717) is 19.4 Å². The van der Waals surface area contributed by atoms with Gasteiger partial charge in [0.05, 0.1) is 0 Å². The molecule has 0 amide bonds.